The van der Waals surface area contributed by atoms with E-state index in [4.69, 9.17) is 16.3 Å². The molecule has 0 bridgehead atoms. The quantitative estimate of drug-likeness (QED) is 0.719. The van der Waals surface area contributed by atoms with Gasteiger partial charge in [-0.1, -0.05) is 18.5 Å². The summed E-state index contributed by atoms with van der Waals surface area (Å²) in [6.45, 7) is 6.09. The number of thiophene rings is 1. The highest BCUT2D eigenvalue weighted by Gasteiger charge is 2.16. The third-order valence-electron chi connectivity index (χ3n) is 2.72. The Labute approximate surface area is 113 Å². The fraction of sp³-hybridized carbons (Fsp3) is 0.692. The molecule has 17 heavy (non-hydrogen) atoms. The van der Waals surface area contributed by atoms with E-state index in [1.54, 1.807) is 18.4 Å². The Morgan fingerprint density at radius 3 is 2.82 bits per heavy atom. The standard InChI is InChI=1S/C13H22ClNOS/c1-4-7-15-11(6-5-8-16-3)13-12(14)10(2)9-17-13/h9,11,15H,4-8H2,1-3H3. The van der Waals surface area contributed by atoms with Crippen molar-refractivity contribution in [3.05, 3.63) is 20.8 Å². The summed E-state index contributed by atoms with van der Waals surface area (Å²) in [5, 5.41) is 6.63. The molecule has 0 saturated carbocycles. The number of nitrogens with one attached hydrogen (secondary N) is 1. The first kappa shape index (κ1) is 15.0. The molecule has 1 unspecified atom stereocenters. The minimum absolute atomic E-state index is 0.372. The Balaban J connectivity index is 2.64. The van der Waals surface area contributed by atoms with E-state index in [-0.39, 0.29) is 0 Å². The Morgan fingerprint density at radius 2 is 2.29 bits per heavy atom. The van der Waals surface area contributed by atoms with E-state index in [2.05, 4.69) is 24.5 Å². The highest BCUT2D eigenvalue weighted by Crippen LogP contribution is 2.34. The first-order chi connectivity index (χ1) is 8.20. The van der Waals surface area contributed by atoms with Gasteiger partial charge in [0.1, 0.15) is 0 Å². The summed E-state index contributed by atoms with van der Waals surface area (Å²) in [4.78, 5) is 1.27. The van der Waals surface area contributed by atoms with Gasteiger partial charge in [0.25, 0.3) is 0 Å². The predicted octanol–water partition coefficient (Wildman–Crippen LogP) is 4.18. The van der Waals surface area contributed by atoms with Crippen molar-refractivity contribution >= 4 is 22.9 Å². The smallest absolute Gasteiger partial charge is 0.0590 e. The van der Waals surface area contributed by atoms with Crippen LogP contribution < -0.4 is 5.32 Å². The molecule has 1 heterocycles. The molecular weight excluding hydrogens is 254 g/mol. The molecule has 0 saturated heterocycles. The summed E-state index contributed by atoms with van der Waals surface area (Å²) in [5.41, 5.74) is 1.18. The second kappa shape index (κ2) is 8.09. The van der Waals surface area contributed by atoms with Crippen LogP contribution in [0, 0.1) is 6.92 Å². The summed E-state index contributed by atoms with van der Waals surface area (Å²) in [6.07, 6.45) is 3.28. The number of ether oxygens (including phenoxy) is 1. The van der Waals surface area contributed by atoms with Crippen LogP contribution in [0.1, 0.15) is 42.7 Å². The third-order valence-corrected chi connectivity index (χ3v) is 4.55. The van der Waals surface area contributed by atoms with Crippen LogP contribution in [-0.4, -0.2) is 20.3 Å². The number of hydrogen-bond acceptors (Lipinski definition) is 3. The Hall–Kier alpha value is -0.0900. The molecule has 4 heteroatoms. The van der Waals surface area contributed by atoms with Crippen molar-refractivity contribution in [2.24, 2.45) is 0 Å². The van der Waals surface area contributed by atoms with Gasteiger partial charge in [-0.2, -0.15) is 0 Å². The summed E-state index contributed by atoms with van der Waals surface area (Å²) in [6, 6.07) is 0.372. The van der Waals surface area contributed by atoms with Gasteiger partial charge in [0, 0.05) is 24.6 Å². The van der Waals surface area contributed by atoms with Crippen LogP contribution in [0.25, 0.3) is 0 Å². The van der Waals surface area contributed by atoms with Gasteiger partial charge >= 0.3 is 0 Å². The Morgan fingerprint density at radius 1 is 1.53 bits per heavy atom. The lowest BCUT2D eigenvalue weighted by Gasteiger charge is -2.17. The molecule has 2 nitrogen and oxygen atoms in total. The van der Waals surface area contributed by atoms with Crippen molar-refractivity contribution < 1.29 is 4.74 Å². The number of hydrogen-bond donors (Lipinski definition) is 1. The van der Waals surface area contributed by atoms with Gasteiger partial charge in [0.05, 0.1) is 5.02 Å². The molecule has 0 aliphatic carbocycles. The van der Waals surface area contributed by atoms with Crippen molar-refractivity contribution in [3.63, 3.8) is 0 Å². The SMILES string of the molecule is CCCNC(CCCOC)c1scc(C)c1Cl. The fourth-order valence-electron chi connectivity index (χ4n) is 1.76. The lowest BCUT2D eigenvalue weighted by Crippen LogP contribution is -2.22. The normalized spacial score (nSPS) is 12.9. The molecule has 1 aromatic heterocycles. The van der Waals surface area contributed by atoms with Crippen LogP contribution in [0.2, 0.25) is 5.02 Å². The highest BCUT2D eigenvalue weighted by atomic mass is 35.5. The molecule has 1 N–H and O–H groups in total. The van der Waals surface area contributed by atoms with E-state index in [1.165, 1.54) is 10.4 Å². The minimum Gasteiger partial charge on any atom is -0.385 e. The van der Waals surface area contributed by atoms with E-state index >= 15 is 0 Å². The zero-order valence-electron chi connectivity index (χ0n) is 10.9. The van der Waals surface area contributed by atoms with E-state index in [0.717, 1.165) is 37.4 Å². The highest BCUT2D eigenvalue weighted by molar-refractivity contribution is 7.10. The van der Waals surface area contributed by atoms with E-state index < -0.39 is 0 Å². The average Bonchev–Trinajstić information content (AvgIpc) is 2.65. The van der Waals surface area contributed by atoms with Crippen molar-refractivity contribution in [1.82, 2.24) is 5.32 Å². The molecular formula is C13H22ClNOS. The average molecular weight is 276 g/mol. The van der Waals surface area contributed by atoms with Crippen molar-refractivity contribution in [2.45, 2.75) is 39.2 Å². The van der Waals surface area contributed by atoms with Gasteiger partial charge in [-0.05, 0) is 43.7 Å². The van der Waals surface area contributed by atoms with Gasteiger partial charge in [-0.3, -0.25) is 0 Å². The predicted molar refractivity (Wildman–Crippen MR) is 76.2 cm³/mol. The molecule has 1 aromatic rings. The van der Waals surface area contributed by atoms with Crippen LogP contribution in [0.15, 0.2) is 5.38 Å². The Kier molecular flexibility index (Phi) is 7.12. The van der Waals surface area contributed by atoms with Crippen LogP contribution in [-0.2, 0) is 4.74 Å². The zero-order valence-corrected chi connectivity index (χ0v) is 12.5. The number of halogens is 1. The zero-order chi connectivity index (χ0) is 12.7. The first-order valence-electron chi connectivity index (χ1n) is 6.16. The van der Waals surface area contributed by atoms with E-state index in [0.29, 0.717) is 6.04 Å². The van der Waals surface area contributed by atoms with Gasteiger partial charge in [-0.15, -0.1) is 11.3 Å². The fourth-order valence-corrected chi connectivity index (χ4v) is 3.20. The monoisotopic (exact) mass is 275 g/mol. The summed E-state index contributed by atoms with van der Waals surface area (Å²) < 4.78 is 5.11. The molecule has 0 aromatic carbocycles. The summed E-state index contributed by atoms with van der Waals surface area (Å²) >= 11 is 8.09. The number of rotatable bonds is 8. The largest absolute Gasteiger partial charge is 0.385 e. The maximum absolute atomic E-state index is 6.33. The third kappa shape index (κ3) is 4.59. The van der Waals surface area contributed by atoms with Crippen LogP contribution in [0.4, 0.5) is 0 Å². The second-order valence-corrected chi connectivity index (χ2v) is 5.53. The van der Waals surface area contributed by atoms with Crippen LogP contribution >= 0.6 is 22.9 Å². The lowest BCUT2D eigenvalue weighted by molar-refractivity contribution is 0.189. The molecule has 0 amide bonds. The van der Waals surface area contributed by atoms with Crippen molar-refractivity contribution in [3.8, 4) is 0 Å². The molecule has 0 aliphatic heterocycles. The molecule has 1 rings (SSSR count). The minimum atomic E-state index is 0.372. The van der Waals surface area contributed by atoms with Gasteiger partial charge in [-0.25, -0.2) is 0 Å². The molecule has 1 atom stereocenters. The van der Waals surface area contributed by atoms with Gasteiger partial charge < -0.3 is 10.1 Å². The van der Waals surface area contributed by atoms with Crippen LogP contribution in [0.3, 0.4) is 0 Å². The lowest BCUT2D eigenvalue weighted by atomic mass is 10.1. The molecule has 0 spiro atoms. The molecule has 0 radical (unpaired) electrons. The first-order valence-corrected chi connectivity index (χ1v) is 7.42. The number of aryl methyl sites for hydroxylation is 1. The van der Waals surface area contributed by atoms with Gasteiger partial charge in [0.2, 0.25) is 0 Å². The summed E-state index contributed by atoms with van der Waals surface area (Å²) in [7, 11) is 1.75. The summed E-state index contributed by atoms with van der Waals surface area (Å²) in [5.74, 6) is 0. The molecule has 98 valence electrons. The number of methoxy groups -OCH3 is 1. The van der Waals surface area contributed by atoms with Gasteiger partial charge in [0.15, 0.2) is 0 Å². The maximum atomic E-state index is 6.33. The van der Waals surface area contributed by atoms with Crippen molar-refractivity contribution in [1.29, 1.82) is 0 Å². The van der Waals surface area contributed by atoms with Crippen molar-refractivity contribution in [2.75, 3.05) is 20.3 Å². The van der Waals surface area contributed by atoms with E-state index in [1.807, 2.05) is 0 Å². The Bertz CT molecular complexity index is 327. The second-order valence-electron chi connectivity index (χ2n) is 4.24. The van der Waals surface area contributed by atoms with E-state index in [9.17, 15) is 0 Å². The topological polar surface area (TPSA) is 21.3 Å². The maximum Gasteiger partial charge on any atom is 0.0590 e. The molecule has 0 aliphatic rings. The van der Waals surface area contributed by atoms with Crippen LogP contribution in [0.5, 0.6) is 0 Å². The molecule has 0 fully saturated rings.